The number of benzene rings is 1. The summed E-state index contributed by atoms with van der Waals surface area (Å²) in [6.45, 7) is 13.6. The number of β-amino-alcohol motifs (C(OH)–C–C–N with tert-alkyl or cyclic N) is 1. The molecule has 6 amide bonds. The summed E-state index contributed by atoms with van der Waals surface area (Å²) in [6.07, 6.45) is 4.29. The molecule has 1 aromatic rings. The van der Waals surface area contributed by atoms with Gasteiger partial charge in [0.05, 0.1) is 19.3 Å². The minimum Gasteiger partial charge on any atom is -0.497 e. The maximum atomic E-state index is 14.6. The van der Waals surface area contributed by atoms with Gasteiger partial charge in [0.1, 0.15) is 36.0 Å². The van der Waals surface area contributed by atoms with Gasteiger partial charge in [-0.1, -0.05) is 72.1 Å². The van der Waals surface area contributed by atoms with Crippen LogP contribution in [0.5, 0.6) is 5.75 Å². The molecule has 322 valence electrons. The van der Waals surface area contributed by atoms with E-state index in [1.54, 1.807) is 58.2 Å². The summed E-state index contributed by atoms with van der Waals surface area (Å²) < 4.78 is 10.8. The smallest absolute Gasteiger partial charge is 0.302 e. The van der Waals surface area contributed by atoms with Gasteiger partial charge in [-0.2, -0.15) is 0 Å². The van der Waals surface area contributed by atoms with Crippen molar-refractivity contribution in [1.82, 2.24) is 24.9 Å². The Bertz CT molecular complexity index is 1660. The first-order chi connectivity index (χ1) is 27.2. The molecule has 3 rings (SSSR count). The fourth-order valence-electron chi connectivity index (χ4n) is 8.00. The largest absolute Gasteiger partial charge is 0.497 e. The SMILES string of the molecule is CCCC[C@H](C)C[C@@H](C)C(=O)N(C)[C@@H](Cc1ccc(OC)cc1)C(=O)N[C@H](C(=O)N(C)[C@H](C(=O)N1C[C@H](O)C[C@H]1C(=O)N1C(=O)C=C[C@@H]1C)C(C)C)[C@H](C)OC(C)=O. The van der Waals surface area contributed by atoms with Crippen LogP contribution in [0.25, 0.3) is 0 Å². The van der Waals surface area contributed by atoms with Crippen LogP contribution in [0, 0.1) is 17.8 Å². The van der Waals surface area contributed by atoms with E-state index in [0.717, 1.165) is 34.6 Å². The molecule has 0 radical (unpaired) electrons. The number of hydrogen-bond donors (Lipinski definition) is 2. The molecule has 9 atom stereocenters. The van der Waals surface area contributed by atoms with Gasteiger partial charge in [0.25, 0.3) is 11.8 Å². The van der Waals surface area contributed by atoms with Crippen molar-refractivity contribution in [3.63, 3.8) is 0 Å². The number of methoxy groups -OCH3 is 1. The monoisotopic (exact) mass is 811 g/mol. The topological polar surface area (TPSA) is 183 Å². The number of nitrogens with zero attached hydrogens (tertiary/aromatic N) is 4. The molecule has 0 saturated carbocycles. The third-order valence-corrected chi connectivity index (χ3v) is 11.2. The van der Waals surface area contributed by atoms with E-state index < -0.39 is 89.8 Å². The Morgan fingerprint density at radius 3 is 2.16 bits per heavy atom. The minimum atomic E-state index is -1.50. The number of ether oxygens (including phenoxy) is 2. The van der Waals surface area contributed by atoms with E-state index in [4.69, 9.17) is 9.47 Å². The molecular weight excluding hydrogens is 746 g/mol. The van der Waals surface area contributed by atoms with Crippen molar-refractivity contribution in [3.8, 4) is 5.75 Å². The Hall–Kier alpha value is -4.79. The van der Waals surface area contributed by atoms with E-state index in [1.807, 2.05) is 6.92 Å². The number of carbonyl (C=O) groups excluding carboxylic acids is 7. The van der Waals surface area contributed by atoms with Crippen molar-refractivity contribution in [2.24, 2.45) is 17.8 Å². The minimum absolute atomic E-state index is 0.0857. The predicted octanol–water partition coefficient (Wildman–Crippen LogP) is 3.11. The second-order valence-electron chi connectivity index (χ2n) is 16.4. The van der Waals surface area contributed by atoms with Gasteiger partial charge < -0.3 is 34.6 Å². The summed E-state index contributed by atoms with van der Waals surface area (Å²) in [4.78, 5) is 101. The van der Waals surface area contributed by atoms with E-state index in [-0.39, 0.29) is 25.3 Å². The summed E-state index contributed by atoms with van der Waals surface area (Å²) in [5.41, 5.74) is 0.723. The van der Waals surface area contributed by atoms with E-state index in [0.29, 0.717) is 18.1 Å². The molecule has 2 N–H and O–H groups in total. The summed E-state index contributed by atoms with van der Waals surface area (Å²) in [5.74, 6) is -4.21. The molecular formula is C43H65N5O10. The van der Waals surface area contributed by atoms with Gasteiger partial charge in [0.2, 0.25) is 23.6 Å². The van der Waals surface area contributed by atoms with E-state index in [1.165, 1.54) is 43.9 Å². The van der Waals surface area contributed by atoms with Crippen LogP contribution in [-0.4, -0.2) is 136 Å². The van der Waals surface area contributed by atoms with E-state index >= 15 is 0 Å². The van der Waals surface area contributed by atoms with Gasteiger partial charge in [0.15, 0.2) is 0 Å². The van der Waals surface area contributed by atoms with Crippen LogP contribution < -0.4 is 10.1 Å². The second-order valence-corrected chi connectivity index (χ2v) is 16.4. The number of imide groups is 1. The van der Waals surface area contributed by atoms with Crippen molar-refractivity contribution in [1.29, 1.82) is 0 Å². The first kappa shape index (κ1) is 47.6. The highest BCUT2D eigenvalue weighted by Gasteiger charge is 2.48. The zero-order chi connectivity index (χ0) is 43.6. The number of rotatable bonds is 19. The van der Waals surface area contributed by atoms with Gasteiger partial charge in [-0.25, -0.2) is 0 Å². The van der Waals surface area contributed by atoms with Crippen molar-refractivity contribution in [3.05, 3.63) is 42.0 Å². The first-order valence-corrected chi connectivity index (χ1v) is 20.4. The standard InChI is InChI=1S/C43H65N5O10/c1-12-13-14-26(4)21-27(5)40(53)45(9)34(22-31-16-18-33(57-11)19-17-31)39(52)44-37(29(7)58-30(8)49)42(55)46(10)38(25(2)3)43(56)47-24-32(50)23-35(47)41(54)48-28(6)15-20-36(48)51/h15-20,25-29,32,34-35,37-38,50H,12-14,21-24H2,1-11H3,(H,44,52)/t26-,27+,28-,29-,32+,34-,35-,37-,38-/m0/s1. The van der Waals surface area contributed by atoms with Gasteiger partial charge in [-0.15, -0.1) is 0 Å². The number of hydrogen-bond acceptors (Lipinski definition) is 10. The molecule has 15 nitrogen and oxygen atoms in total. The molecule has 1 saturated heterocycles. The van der Waals surface area contributed by atoms with Gasteiger partial charge >= 0.3 is 5.97 Å². The zero-order valence-electron chi connectivity index (χ0n) is 36.1. The van der Waals surface area contributed by atoms with Crippen LogP contribution in [0.1, 0.15) is 93.1 Å². The summed E-state index contributed by atoms with van der Waals surface area (Å²) in [5, 5.41) is 13.4. The van der Waals surface area contributed by atoms with Crippen molar-refractivity contribution in [2.45, 2.75) is 136 Å². The lowest BCUT2D eigenvalue weighted by Gasteiger charge is -2.38. The molecule has 15 heteroatoms. The van der Waals surface area contributed by atoms with E-state index in [9.17, 15) is 38.7 Å². The number of unbranched alkanes of at least 4 members (excludes halogenated alkanes) is 1. The molecule has 0 aromatic heterocycles. The van der Waals surface area contributed by atoms with E-state index in [2.05, 4.69) is 19.2 Å². The average molecular weight is 812 g/mol. The molecule has 2 aliphatic heterocycles. The maximum absolute atomic E-state index is 14.6. The Kier molecular flexibility index (Phi) is 17.5. The Labute approximate surface area is 343 Å². The number of aliphatic hydroxyl groups is 1. The highest BCUT2D eigenvalue weighted by atomic mass is 16.5. The predicted molar refractivity (Wildman–Crippen MR) is 217 cm³/mol. The lowest BCUT2D eigenvalue weighted by atomic mass is 9.91. The molecule has 58 heavy (non-hydrogen) atoms. The van der Waals surface area contributed by atoms with Crippen molar-refractivity contribution >= 4 is 41.4 Å². The first-order valence-electron chi connectivity index (χ1n) is 20.4. The average Bonchev–Trinajstić information content (AvgIpc) is 3.73. The second kappa shape index (κ2) is 21.3. The van der Waals surface area contributed by atoms with Crippen LogP contribution in [-0.2, 0) is 44.7 Å². The maximum Gasteiger partial charge on any atom is 0.302 e. The van der Waals surface area contributed by atoms with Gasteiger partial charge in [-0.05, 0) is 49.8 Å². The number of amides is 6. The number of likely N-dealkylation sites (N-methyl/N-ethyl adjacent to an activating group) is 2. The number of esters is 1. The van der Waals surface area contributed by atoms with Crippen LogP contribution in [0.15, 0.2) is 36.4 Å². The van der Waals surface area contributed by atoms with Crippen molar-refractivity contribution < 1.29 is 48.1 Å². The number of aliphatic hydroxyl groups excluding tert-OH is 1. The zero-order valence-corrected chi connectivity index (χ0v) is 36.1. The fourth-order valence-corrected chi connectivity index (χ4v) is 8.00. The highest BCUT2D eigenvalue weighted by molar-refractivity contribution is 6.06. The Balaban J connectivity index is 1.97. The van der Waals surface area contributed by atoms with Crippen LogP contribution in [0.4, 0.5) is 0 Å². The Morgan fingerprint density at radius 1 is 0.983 bits per heavy atom. The van der Waals surface area contributed by atoms with Crippen LogP contribution >= 0.6 is 0 Å². The molecule has 0 unspecified atom stereocenters. The summed E-state index contributed by atoms with van der Waals surface area (Å²) >= 11 is 0. The molecule has 2 heterocycles. The van der Waals surface area contributed by atoms with Gasteiger partial charge in [-0.3, -0.25) is 38.5 Å². The van der Waals surface area contributed by atoms with Gasteiger partial charge in [0, 0.05) is 52.4 Å². The lowest BCUT2D eigenvalue weighted by Crippen LogP contribution is -2.62. The lowest BCUT2D eigenvalue weighted by molar-refractivity contribution is -0.157. The molecule has 0 bridgehead atoms. The molecule has 0 aliphatic carbocycles. The van der Waals surface area contributed by atoms with Crippen LogP contribution in [0.2, 0.25) is 0 Å². The normalized spacial score (nSPS) is 20.8. The molecule has 1 aromatic carbocycles. The van der Waals surface area contributed by atoms with Crippen LogP contribution in [0.3, 0.4) is 0 Å². The number of carbonyl (C=O) groups is 7. The highest BCUT2D eigenvalue weighted by Crippen LogP contribution is 2.27. The molecule has 2 aliphatic rings. The van der Waals surface area contributed by atoms with Crippen molar-refractivity contribution in [2.75, 3.05) is 27.7 Å². The Morgan fingerprint density at radius 2 is 1.62 bits per heavy atom. The quantitative estimate of drug-likeness (QED) is 0.156. The molecule has 1 fully saturated rings. The summed E-state index contributed by atoms with van der Waals surface area (Å²) in [7, 11) is 4.48. The fraction of sp³-hybridized carbons (Fsp3) is 0.651. The summed E-state index contributed by atoms with van der Waals surface area (Å²) in [6, 6.07) is 1.58. The third kappa shape index (κ3) is 11.9. The third-order valence-electron chi connectivity index (χ3n) is 11.2. The molecule has 0 spiro atoms. The number of likely N-dealkylation sites (tertiary alicyclic amines) is 1. The number of nitrogens with one attached hydrogen (secondary N) is 1.